The summed E-state index contributed by atoms with van der Waals surface area (Å²) in [6.45, 7) is 4.86. The molecule has 1 N–H and O–H groups in total. The van der Waals surface area contributed by atoms with Crippen molar-refractivity contribution >= 4 is 21.6 Å². The number of sulfonamides is 1. The Kier molecular flexibility index (Phi) is 6.05. The van der Waals surface area contributed by atoms with Crippen LogP contribution in [0, 0.1) is 13.8 Å². The highest BCUT2D eigenvalue weighted by Crippen LogP contribution is 2.22. The minimum atomic E-state index is -3.80. The number of hydrogen-bond acceptors (Lipinski definition) is 4. The third kappa shape index (κ3) is 4.54. The molecule has 150 valence electrons. The summed E-state index contributed by atoms with van der Waals surface area (Å²) in [6, 6.07) is 11.8. The first-order valence-electron chi connectivity index (χ1n) is 9.34. The summed E-state index contributed by atoms with van der Waals surface area (Å²) >= 11 is 0. The molecule has 0 aromatic heterocycles. The minimum absolute atomic E-state index is 0.0453. The van der Waals surface area contributed by atoms with Crippen LogP contribution in [0.3, 0.4) is 0 Å². The zero-order valence-electron chi connectivity index (χ0n) is 16.4. The van der Waals surface area contributed by atoms with Gasteiger partial charge in [0, 0.05) is 25.8 Å². The fraction of sp³-hybridized carbons (Fsp3) is 0.381. The summed E-state index contributed by atoms with van der Waals surface area (Å²) < 4.78 is 33.9. The fourth-order valence-electron chi connectivity index (χ4n) is 3.27. The van der Waals surface area contributed by atoms with Crippen molar-refractivity contribution < 1.29 is 17.9 Å². The van der Waals surface area contributed by atoms with Crippen molar-refractivity contribution in [2.45, 2.75) is 37.7 Å². The van der Waals surface area contributed by atoms with E-state index in [4.69, 9.17) is 4.74 Å². The molecule has 28 heavy (non-hydrogen) atoms. The molecule has 0 spiro atoms. The summed E-state index contributed by atoms with van der Waals surface area (Å²) in [4.78, 5) is 14.6. The molecular formula is C21H26N2O4S. The molecule has 7 heteroatoms. The number of likely N-dealkylation sites (N-methyl/N-ethyl adjacent to an activating group) is 1. The number of carbonyl (C=O) groups is 1. The van der Waals surface area contributed by atoms with Crippen LogP contribution in [-0.2, 0) is 14.8 Å². The third-order valence-electron chi connectivity index (χ3n) is 4.99. The highest BCUT2D eigenvalue weighted by molar-refractivity contribution is 7.92. The lowest BCUT2D eigenvalue weighted by molar-refractivity contribution is 0.0586. The van der Waals surface area contributed by atoms with Crippen LogP contribution in [0.25, 0.3) is 0 Å². The van der Waals surface area contributed by atoms with Gasteiger partial charge in [0.15, 0.2) is 0 Å². The van der Waals surface area contributed by atoms with E-state index in [0.29, 0.717) is 17.8 Å². The van der Waals surface area contributed by atoms with Gasteiger partial charge in [-0.05, 0) is 56.0 Å². The van der Waals surface area contributed by atoms with Crippen LogP contribution in [0.1, 0.15) is 34.3 Å². The highest BCUT2D eigenvalue weighted by Gasteiger charge is 2.24. The lowest BCUT2D eigenvalue weighted by Crippen LogP contribution is -2.34. The van der Waals surface area contributed by atoms with Crippen LogP contribution >= 0.6 is 0 Å². The second-order valence-electron chi connectivity index (χ2n) is 7.22. The first-order valence-corrected chi connectivity index (χ1v) is 10.8. The largest absolute Gasteiger partial charge is 0.376 e. The number of nitrogens with zero attached hydrogens (tertiary/aromatic N) is 1. The Balaban J connectivity index is 1.83. The molecule has 1 amide bonds. The molecule has 2 aromatic carbocycles. The molecule has 0 saturated carbocycles. The van der Waals surface area contributed by atoms with Crippen LogP contribution < -0.4 is 4.72 Å². The molecule has 0 radical (unpaired) electrons. The summed E-state index contributed by atoms with van der Waals surface area (Å²) in [7, 11) is -2.08. The second-order valence-corrected chi connectivity index (χ2v) is 8.90. The topological polar surface area (TPSA) is 75.7 Å². The Morgan fingerprint density at radius 1 is 1.18 bits per heavy atom. The van der Waals surface area contributed by atoms with Gasteiger partial charge in [0.1, 0.15) is 0 Å². The van der Waals surface area contributed by atoms with Crippen molar-refractivity contribution in [3.63, 3.8) is 0 Å². The average molecular weight is 403 g/mol. The summed E-state index contributed by atoms with van der Waals surface area (Å²) in [5.41, 5.74) is 2.46. The van der Waals surface area contributed by atoms with Gasteiger partial charge in [-0.15, -0.1) is 0 Å². The quantitative estimate of drug-likeness (QED) is 0.804. The number of nitrogens with one attached hydrogen (secondary N) is 1. The Bertz CT molecular complexity index is 966. The van der Waals surface area contributed by atoms with Crippen LogP contribution in [0.2, 0.25) is 0 Å². The van der Waals surface area contributed by atoms with Crippen molar-refractivity contribution in [3.05, 3.63) is 59.2 Å². The maximum atomic E-state index is 12.9. The van der Waals surface area contributed by atoms with E-state index in [2.05, 4.69) is 4.72 Å². The van der Waals surface area contributed by atoms with Crippen LogP contribution in [0.4, 0.5) is 5.69 Å². The number of benzene rings is 2. The number of ether oxygens (including phenoxy) is 1. The Labute approximate surface area is 166 Å². The summed E-state index contributed by atoms with van der Waals surface area (Å²) in [6.07, 6.45) is 1.99. The molecule has 1 atom stereocenters. The van der Waals surface area contributed by atoms with Gasteiger partial charge in [0.2, 0.25) is 0 Å². The maximum absolute atomic E-state index is 12.9. The monoisotopic (exact) mass is 402 g/mol. The molecule has 1 fully saturated rings. The number of carbonyl (C=O) groups excluding carboxylic acids is 1. The zero-order valence-corrected chi connectivity index (χ0v) is 17.3. The lowest BCUT2D eigenvalue weighted by atomic mass is 10.1. The molecule has 1 aliphatic heterocycles. The third-order valence-corrected chi connectivity index (χ3v) is 6.35. The first kappa shape index (κ1) is 20.4. The van der Waals surface area contributed by atoms with Gasteiger partial charge in [-0.1, -0.05) is 24.3 Å². The van der Waals surface area contributed by atoms with Crippen LogP contribution in [-0.4, -0.2) is 45.5 Å². The number of para-hydroxylation sites is 1. The number of aryl methyl sites for hydroxylation is 2. The fourth-order valence-corrected chi connectivity index (χ4v) is 4.43. The molecule has 1 aliphatic rings. The molecule has 1 heterocycles. The van der Waals surface area contributed by atoms with E-state index >= 15 is 0 Å². The second kappa shape index (κ2) is 8.32. The van der Waals surface area contributed by atoms with Gasteiger partial charge < -0.3 is 9.64 Å². The zero-order chi connectivity index (χ0) is 20.3. The Morgan fingerprint density at radius 2 is 1.93 bits per heavy atom. The molecule has 0 bridgehead atoms. The van der Waals surface area contributed by atoms with E-state index in [1.807, 2.05) is 19.1 Å². The number of anilines is 1. The highest BCUT2D eigenvalue weighted by atomic mass is 32.2. The summed E-state index contributed by atoms with van der Waals surface area (Å²) in [5, 5.41) is 0. The van der Waals surface area contributed by atoms with Crippen molar-refractivity contribution in [3.8, 4) is 0 Å². The van der Waals surface area contributed by atoms with E-state index in [1.54, 1.807) is 37.1 Å². The smallest absolute Gasteiger partial charge is 0.261 e. The van der Waals surface area contributed by atoms with Gasteiger partial charge in [0.25, 0.3) is 15.9 Å². The number of rotatable bonds is 6. The number of hydrogen-bond donors (Lipinski definition) is 1. The number of amides is 1. The van der Waals surface area contributed by atoms with Gasteiger partial charge in [-0.25, -0.2) is 8.42 Å². The molecule has 1 saturated heterocycles. The van der Waals surface area contributed by atoms with Gasteiger partial charge in [0.05, 0.1) is 16.7 Å². The Hall–Kier alpha value is -2.38. The van der Waals surface area contributed by atoms with Crippen molar-refractivity contribution in [1.29, 1.82) is 0 Å². The van der Waals surface area contributed by atoms with E-state index < -0.39 is 10.0 Å². The lowest BCUT2D eigenvalue weighted by Gasteiger charge is -2.22. The molecule has 2 aromatic rings. The molecule has 6 nitrogen and oxygen atoms in total. The van der Waals surface area contributed by atoms with E-state index in [0.717, 1.165) is 30.6 Å². The average Bonchev–Trinajstić information content (AvgIpc) is 3.16. The predicted octanol–water partition coefficient (Wildman–Crippen LogP) is 3.36. The minimum Gasteiger partial charge on any atom is -0.376 e. The normalized spacial score (nSPS) is 16.8. The SMILES string of the molecule is Cc1ccccc1NS(=O)(=O)c1ccc(C)c(C(=O)N(C)CC2CCCO2)c1. The molecule has 3 rings (SSSR count). The van der Waals surface area contributed by atoms with Crippen LogP contribution in [0.5, 0.6) is 0 Å². The van der Waals surface area contributed by atoms with Crippen molar-refractivity contribution in [2.24, 2.45) is 0 Å². The van der Waals surface area contributed by atoms with Gasteiger partial charge in [-0.2, -0.15) is 0 Å². The van der Waals surface area contributed by atoms with E-state index in [1.165, 1.54) is 12.1 Å². The van der Waals surface area contributed by atoms with E-state index in [9.17, 15) is 13.2 Å². The molecule has 1 unspecified atom stereocenters. The predicted molar refractivity (Wildman–Crippen MR) is 109 cm³/mol. The van der Waals surface area contributed by atoms with Gasteiger partial charge >= 0.3 is 0 Å². The van der Waals surface area contributed by atoms with E-state index in [-0.39, 0.29) is 16.9 Å². The molecular weight excluding hydrogens is 376 g/mol. The maximum Gasteiger partial charge on any atom is 0.261 e. The molecule has 0 aliphatic carbocycles. The van der Waals surface area contributed by atoms with Gasteiger partial charge in [-0.3, -0.25) is 9.52 Å². The van der Waals surface area contributed by atoms with Crippen molar-refractivity contribution in [1.82, 2.24) is 4.90 Å². The summed E-state index contributed by atoms with van der Waals surface area (Å²) in [5.74, 6) is -0.207. The van der Waals surface area contributed by atoms with Crippen LogP contribution in [0.15, 0.2) is 47.4 Å². The van der Waals surface area contributed by atoms with Crippen molar-refractivity contribution in [2.75, 3.05) is 24.9 Å². The standard InChI is InChI=1S/C21H26N2O4S/c1-15-10-11-18(28(25,26)22-20-9-5-4-7-16(20)2)13-19(15)21(24)23(3)14-17-8-6-12-27-17/h4-5,7,9-11,13,17,22H,6,8,12,14H2,1-3H3. The Morgan fingerprint density at radius 3 is 2.61 bits per heavy atom. The first-order chi connectivity index (χ1) is 13.3.